The Hall–Kier alpha value is -3.42. The molecule has 0 saturated heterocycles. The van der Waals surface area contributed by atoms with Crippen molar-refractivity contribution in [3.63, 3.8) is 0 Å². The molecule has 138 valence electrons. The standard InChI is InChI=1S/C19H21N7O/c1-3-4-15-11-17(27)26-19(21-15)22-18(24-26)20-12-13-5-7-14(8-6-13)16-9-10-25(2)23-16/h5-11H,3-4,12H2,1-2H3,(H2,20,21,22,24). The van der Waals surface area contributed by atoms with Gasteiger partial charge in [0.05, 0.1) is 5.69 Å². The Labute approximate surface area is 155 Å². The predicted molar refractivity (Wildman–Crippen MR) is 104 cm³/mol. The minimum atomic E-state index is -0.174. The maximum absolute atomic E-state index is 12.1. The molecular formula is C19H21N7O. The highest BCUT2D eigenvalue weighted by molar-refractivity contribution is 5.58. The molecule has 1 aromatic carbocycles. The fourth-order valence-electron chi connectivity index (χ4n) is 2.96. The van der Waals surface area contributed by atoms with Crippen LogP contribution in [0.15, 0.2) is 47.4 Å². The summed E-state index contributed by atoms with van der Waals surface area (Å²) in [4.78, 5) is 19.7. The van der Waals surface area contributed by atoms with Crippen molar-refractivity contribution < 1.29 is 0 Å². The fraction of sp³-hybridized carbons (Fsp3) is 0.263. The fourth-order valence-corrected chi connectivity index (χ4v) is 2.96. The number of aryl methyl sites for hydroxylation is 2. The van der Waals surface area contributed by atoms with Gasteiger partial charge in [0.25, 0.3) is 5.56 Å². The summed E-state index contributed by atoms with van der Waals surface area (Å²) in [5.41, 5.74) is 3.80. The zero-order valence-corrected chi connectivity index (χ0v) is 15.3. The number of aromatic amines is 1. The Morgan fingerprint density at radius 3 is 2.67 bits per heavy atom. The summed E-state index contributed by atoms with van der Waals surface area (Å²) in [7, 11) is 1.90. The number of fused-ring (bicyclic) bond motifs is 1. The van der Waals surface area contributed by atoms with E-state index in [1.54, 1.807) is 10.7 Å². The average molecular weight is 363 g/mol. The van der Waals surface area contributed by atoms with Crippen molar-refractivity contribution in [3.05, 3.63) is 64.2 Å². The number of rotatable bonds is 6. The van der Waals surface area contributed by atoms with E-state index in [1.165, 1.54) is 4.52 Å². The molecule has 2 N–H and O–H groups in total. The zero-order valence-electron chi connectivity index (χ0n) is 15.3. The Morgan fingerprint density at radius 2 is 1.96 bits per heavy atom. The molecule has 0 aliphatic heterocycles. The largest absolute Gasteiger partial charge is 0.349 e. The maximum Gasteiger partial charge on any atom is 0.275 e. The number of aromatic nitrogens is 6. The highest BCUT2D eigenvalue weighted by Crippen LogP contribution is 2.17. The van der Waals surface area contributed by atoms with Gasteiger partial charge in [-0.25, -0.2) is 0 Å². The van der Waals surface area contributed by atoms with Gasteiger partial charge < -0.3 is 10.3 Å². The number of benzene rings is 1. The number of nitrogens with zero attached hydrogens (tertiary/aromatic N) is 5. The summed E-state index contributed by atoms with van der Waals surface area (Å²) in [5, 5.41) is 11.8. The van der Waals surface area contributed by atoms with E-state index in [2.05, 4.69) is 32.4 Å². The Balaban J connectivity index is 1.48. The van der Waals surface area contributed by atoms with Crippen LogP contribution in [0.25, 0.3) is 17.0 Å². The average Bonchev–Trinajstić information content (AvgIpc) is 3.27. The van der Waals surface area contributed by atoms with Crippen LogP contribution in [-0.2, 0) is 20.0 Å². The third-order valence-electron chi connectivity index (χ3n) is 4.32. The lowest BCUT2D eigenvalue weighted by Gasteiger charge is -2.03. The molecule has 0 aliphatic carbocycles. The van der Waals surface area contributed by atoms with Crippen LogP contribution in [0, 0.1) is 0 Å². The lowest BCUT2D eigenvalue weighted by molar-refractivity contribution is 0.771. The van der Waals surface area contributed by atoms with Gasteiger partial charge in [0.1, 0.15) is 0 Å². The second-order valence-electron chi connectivity index (χ2n) is 6.48. The first-order chi connectivity index (χ1) is 13.1. The highest BCUT2D eigenvalue weighted by Gasteiger charge is 2.08. The van der Waals surface area contributed by atoms with E-state index in [0.717, 1.165) is 35.4 Å². The van der Waals surface area contributed by atoms with Crippen LogP contribution in [0.5, 0.6) is 0 Å². The van der Waals surface area contributed by atoms with Crippen LogP contribution >= 0.6 is 0 Å². The minimum absolute atomic E-state index is 0.174. The molecule has 4 rings (SSSR count). The molecule has 0 bridgehead atoms. The van der Waals surface area contributed by atoms with Crippen molar-refractivity contribution in [3.8, 4) is 11.3 Å². The topological polar surface area (TPSA) is 92.9 Å². The summed E-state index contributed by atoms with van der Waals surface area (Å²) in [6.07, 6.45) is 3.69. The van der Waals surface area contributed by atoms with Crippen LogP contribution < -0.4 is 10.9 Å². The van der Waals surface area contributed by atoms with E-state index >= 15 is 0 Å². The lowest BCUT2D eigenvalue weighted by atomic mass is 10.1. The lowest BCUT2D eigenvalue weighted by Crippen LogP contribution is -2.15. The summed E-state index contributed by atoms with van der Waals surface area (Å²) in [6.45, 7) is 2.63. The van der Waals surface area contributed by atoms with E-state index < -0.39 is 0 Å². The normalized spacial score (nSPS) is 11.2. The molecule has 0 spiro atoms. The summed E-state index contributed by atoms with van der Waals surface area (Å²) < 4.78 is 3.07. The van der Waals surface area contributed by atoms with Crippen molar-refractivity contribution in [1.82, 2.24) is 29.4 Å². The molecule has 3 heterocycles. The van der Waals surface area contributed by atoms with Gasteiger partial charge in [0, 0.05) is 37.1 Å². The van der Waals surface area contributed by atoms with Crippen LogP contribution in [0.2, 0.25) is 0 Å². The molecule has 0 radical (unpaired) electrons. The second-order valence-corrected chi connectivity index (χ2v) is 6.48. The first kappa shape index (κ1) is 17.0. The first-order valence-corrected chi connectivity index (χ1v) is 8.94. The van der Waals surface area contributed by atoms with E-state index in [-0.39, 0.29) is 5.56 Å². The Morgan fingerprint density at radius 1 is 1.15 bits per heavy atom. The quantitative estimate of drug-likeness (QED) is 0.549. The van der Waals surface area contributed by atoms with Crippen LogP contribution in [0.3, 0.4) is 0 Å². The molecule has 27 heavy (non-hydrogen) atoms. The van der Waals surface area contributed by atoms with Gasteiger partial charge in [0.2, 0.25) is 11.7 Å². The summed E-state index contributed by atoms with van der Waals surface area (Å²) in [5.74, 6) is 0.879. The molecule has 8 heteroatoms. The van der Waals surface area contributed by atoms with Crippen LogP contribution in [0.1, 0.15) is 24.6 Å². The zero-order chi connectivity index (χ0) is 18.8. The van der Waals surface area contributed by atoms with Gasteiger partial charge in [0.15, 0.2) is 0 Å². The summed E-state index contributed by atoms with van der Waals surface area (Å²) in [6, 6.07) is 11.7. The Kier molecular flexibility index (Phi) is 4.45. The van der Waals surface area contributed by atoms with Gasteiger partial charge >= 0.3 is 0 Å². The first-order valence-electron chi connectivity index (χ1n) is 8.94. The SMILES string of the molecule is CCCc1cc(=O)n2nc(NCc3ccc(-c4ccn(C)n4)cc3)nc2[nH]1. The van der Waals surface area contributed by atoms with Crippen LogP contribution in [0.4, 0.5) is 5.95 Å². The third-order valence-corrected chi connectivity index (χ3v) is 4.32. The molecule has 0 atom stereocenters. The number of nitrogens with one attached hydrogen (secondary N) is 2. The Bertz CT molecular complexity index is 1120. The van der Waals surface area contributed by atoms with Crippen molar-refractivity contribution in [1.29, 1.82) is 0 Å². The monoisotopic (exact) mass is 363 g/mol. The maximum atomic E-state index is 12.1. The smallest absolute Gasteiger partial charge is 0.275 e. The molecule has 0 saturated carbocycles. The molecular weight excluding hydrogens is 342 g/mol. The highest BCUT2D eigenvalue weighted by atomic mass is 16.1. The third kappa shape index (κ3) is 3.59. The number of hydrogen-bond donors (Lipinski definition) is 2. The molecule has 8 nitrogen and oxygen atoms in total. The van der Waals surface area contributed by atoms with Crippen LogP contribution in [-0.4, -0.2) is 29.4 Å². The molecule has 0 amide bonds. The van der Waals surface area contributed by atoms with Crippen molar-refractivity contribution in [2.45, 2.75) is 26.3 Å². The second kappa shape index (κ2) is 7.06. The number of hydrogen-bond acceptors (Lipinski definition) is 5. The van der Waals surface area contributed by atoms with E-state index in [0.29, 0.717) is 18.3 Å². The predicted octanol–water partition coefficient (Wildman–Crippen LogP) is 2.38. The van der Waals surface area contributed by atoms with Crippen molar-refractivity contribution >= 4 is 11.7 Å². The molecule has 4 aromatic rings. The van der Waals surface area contributed by atoms with Gasteiger partial charge in [-0.05, 0) is 18.1 Å². The van der Waals surface area contributed by atoms with E-state index in [9.17, 15) is 4.79 Å². The van der Waals surface area contributed by atoms with Gasteiger partial charge in [-0.2, -0.15) is 14.6 Å². The van der Waals surface area contributed by atoms with Gasteiger partial charge in [-0.15, -0.1) is 5.10 Å². The van der Waals surface area contributed by atoms with Crippen molar-refractivity contribution in [2.24, 2.45) is 7.05 Å². The molecule has 3 aromatic heterocycles. The van der Waals surface area contributed by atoms with Gasteiger partial charge in [-0.1, -0.05) is 37.6 Å². The molecule has 0 aliphatic rings. The van der Waals surface area contributed by atoms with E-state index in [4.69, 9.17) is 0 Å². The van der Waals surface area contributed by atoms with E-state index in [1.807, 2.05) is 43.6 Å². The number of anilines is 1. The molecule has 0 fully saturated rings. The van der Waals surface area contributed by atoms with Crippen molar-refractivity contribution in [2.75, 3.05) is 5.32 Å². The summed E-state index contributed by atoms with van der Waals surface area (Å²) >= 11 is 0. The minimum Gasteiger partial charge on any atom is -0.349 e. The molecule has 0 unspecified atom stereocenters. The van der Waals surface area contributed by atoms with Gasteiger partial charge in [-0.3, -0.25) is 9.48 Å². The number of H-pyrrole nitrogens is 1.